The molecule has 0 aromatic rings. The summed E-state index contributed by atoms with van der Waals surface area (Å²) in [6.07, 6.45) is 6.85. The summed E-state index contributed by atoms with van der Waals surface area (Å²) in [6.45, 7) is 22.1. The van der Waals surface area contributed by atoms with Gasteiger partial charge in [0.05, 0.1) is 6.10 Å². The van der Waals surface area contributed by atoms with E-state index >= 15 is 0 Å². The minimum Gasteiger partial charge on any atom is -0.389 e. The van der Waals surface area contributed by atoms with Gasteiger partial charge in [0.15, 0.2) is 11.6 Å². The second-order valence-electron chi connectivity index (χ2n) is 5.94. The minimum absolute atomic E-state index is 0.146. The first-order valence-corrected chi connectivity index (χ1v) is 8.79. The van der Waals surface area contributed by atoms with Crippen molar-refractivity contribution in [3.05, 3.63) is 38.0 Å². The highest BCUT2D eigenvalue weighted by atomic mass is 16.3. The van der Waals surface area contributed by atoms with E-state index in [2.05, 4.69) is 26.7 Å². The molecular weight excluding hydrogens is 300 g/mol. The van der Waals surface area contributed by atoms with E-state index in [9.17, 15) is 9.59 Å². The molecule has 0 rings (SSSR count). The van der Waals surface area contributed by atoms with Crippen LogP contribution in [0.1, 0.15) is 60.8 Å². The number of ketones is 2. The first-order valence-electron chi connectivity index (χ1n) is 8.79. The monoisotopic (exact) mass is 338 g/mol. The van der Waals surface area contributed by atoms with Crippen molar-refractivity contribution in [2.24, 2.45) is 17.8 Å². The van der Waals surface area contributed by atoms with Gasteiger partial charge in [0.1, 0.15) is 0 Å². The van der Waals surface area contributed by atoms with Crippen LogP contribution in [-0.4, -0.2) is 22.8 Å². The van der Waals surface area contributed by atoms with Crippen molar-refractivity contribution in [3.8, 4) is 0 Å². The summed E-state index contributed by atoms with van der Waals surface area (Å²) in [5, 5.41) is 9.01. The number of carbonyl (C=O) groups excluding carboxylic acids is 2. The average molecular weight is 339 g/mol. The minimum atomic E-state index is -0.319. The fourth-order valence-electron chi connectivity index (χ4n) is 1.28. The molecule has 24 heavy (non-hydrogen) atoms. The lowest BCUT2D eigenvalue weighted by atomic mass is 10.0. The molecule has 0 saturated carbocycles. The number of rotatable bonds is 9. The molecule has 0 bridgehead atoms. The molecule has 3 heteroatoms. The van der Waals surface area contributed by atoms with Crippen LogP contribution in [0.4, 0.5) is 0 Å². The maximum atomic E-state index is 10.6. The molecule has 4 atom stereocenters. The largest absolute Gasteiger partial charge is 0.389 e. The van der Waals surface area contributed by atoms with Gasteiger partial charge in [0.25, 0.3) is 0 Å². The molecule has 0 heterocycles. The Hall–Kier alpha value is -1.48. The maximum Gasteiger partial charge on any atom is 0.157 e. The predicted molar refractivity (Wildman–Crippen MR) is 105 cm³/mol. The molecule has 4 unspecified atom stereocenters. The van der Waals surface area contributed by atoms with E-state index in [0.717, 1.165) is 19.3 Å². The average Bonchev–Trinajstić information content (AvgIpc) is 2.64. The van der Waals surface area contributed by atoms with Crippen LogP contribution in [0.2, 0.25) is 0 Å². The molecule has 0 amide bonds. The van der Waals surface area contributed by atoms with Crippen LogP contribution in [0.3, 0.4) is 0 Å². The molecule has 0 aromatic heterocycles. The molecule has 0 fully saturated rings. The van der Waals surface area contributed by atoms with Crippen molar-refractivity contribution < 1.29 is 14.7 Å². The van der Waals surface area contributed by atoms with Crippen LogP contribution in [0.25, 0.3) is 0 Å². The van der Waals surface area contributed by atoms with E-state index in [4.69, 9.17) is 5.11 Å². The maximum absolute atomic E-state index is 10.6. The van der Waals surface area contributed by atoms with Gasteiger partial charge in [-0.05, 0) is 30.9 Å². The van der Waals surface area contributed by atoms with Crippen LogP contribution in [-0.2, 0) is 9.59 Å². The molecule has 1 N–H and O–H groups in total. The summed E-state index contributed by atoms with van der Waals surface area (Å²) in [5.41, 5.74) is 0. The summed E-state index contributed by atoms with van der Waals surface area (Å²) in [6, 6.07) is 0. The third-order valence-corrected chi connectivity index (χ3v) is 4.07. The Kier molecular flexibility index (Phi) is 20.4. The first-order chi connectivity index (χ1) is 11.2. The smallest absolute Gasteiger partial charge is 0.157 e. The Labute approximate surface area is 149 Å². The van der Waals surface area contributed by atoms with E-state index in [1.165, 1.54) is 12.2 Å². The van der Waals surface area contributed by atoms with E-state index in [1.807, 2.05) is 34.6 Å². The molecule has 140 valence electrons. The number of allylic oxidation sites excluding steroid dienone is 2. The van der Waals surface area contributed by atoms with Crippen LogP contribution in [0, 0.1) is 17.8 Å². The van der Waals surface area contributed by atoms with E-state index in [1.54, 1.807) is 6.08 Å². The van der Waals surface area contributed by atoms with Crippen molar-refractivity contribution >= 4 is 11.6 Å². The van der Waals surface area contributed by atoms with Crippen molar-refractivity contribution in [2.45, 2.75) is 66.9 Å². The number of hydrogen-bond acceptors (Lipinski definition) is 3. The SMILES string of the molecule is C=CC(=O)C(C)CC.C=CC(=O)C(C)CC.C=CC(O)C(C)CC. The van der Waals surface area contributed by atoms with Crippen LogP contribution >= 0.6 is 0 Å². The normalized spacial score (nSPS) is 14.3. The number of hydrogen-bond donors (Lipinski definition) is 1. The van der Waals surface area contributed by atoms with Gasteiger partial charge in [-0.3, -0.25) is 9.59 Å². The van der Waals surface area contributed by atoms with Crippen molar-refractivity contribution in [1.82, 2.24) is 0 Å². The standard InChI is InChI=1S/C7H14O.2C7H12O/c3*1-4-6(3)7(8)5-2/h5-8H,2,4H2,1,3H3;2*5-6H,2,4H2,1,3H3. The molecule has 0 aliphatic rings. The Morgan fingerprint density at radius 3 is 1.25 bits per heavy atom. The lowest BCUT2D eigenvalue weighted by Gasteiger charge is -2.10. The lowest BCUT2D eigenvalue weighted by molar-refractivity contribution is -0.118. The van der Waals surface area contributed by atoms with Crippen molar-refractivity contribution in [1.29, 1.82) is 0 Å². The number of aliphatic hydroxyl groups is 1. The van der Waals surface area contributed by atoms with Crippen molar-refractivity contribution in [3.63, 3.8) is 0 Å². The fraction of sp³-hybridized carbons (Fsp3) is 0.619. The van der Waals surface area contributed by atoms with Gasteiger partial charge < -0.3 is 5.11 Å². The topological polar surface area (TPSA) is 54.4 Å². The third-order valence-electron chi connectivity index (χ3n) is 4.07. The summed E-state index contributed by atoms with van der Waals surface area (Å²) in [4.78, 5) is 21.2. The Morgan fingerprint density at radius 2 is 1.17 bits per heavy atom. The van der Waals surface area contributed by atoms with Gasteiger partial charge in [-0.25, -0.2) is 0 Å². The molecule has 0 radical (unpaired) electrons. The van der Waals surface area contributed by atoms with Crippen LogP contribution < -0.4 is 0 Å². The highest BCUT2D eigenvalue weighted by Crippen LogP contribution is 2.06. The molecule has 3 nitrogen and oxygen atoms in total. The van der Waals surface area contributed by atoms with Gasteiger partial charge in [-0.15, -0.1) is 6.58 Å². The van der Waals surface area contributed by atoms with E-state index < -0.39 is 0 Å². The molecule has 0 aliphatic heterocycles. The fourth-order valence-corrected chi connectivity index (χ4v) is 1.28. The zero-order valence-corrected chi connectivity index (χ0v) is 16.5. The van der Waals surface area contributed by atoms with Crippen LogP contribution in [0.15, 0.2) is 38.0 Å². The van der Waals surface area contributed by atoms with E-state index in [0.29, 0.717) is 5.92 Å². The lowest BCUT2D eigenvalue weighted by Crippen LogP contribution is -2.12. The van der Waals surface area contributed by atoms with Gasteiger partial charge >= 0.3 is 0 Å². The van der Waals surface area contributed by atoms with Gasteiger partial charge in [0, 0.05) is 11.8 Å². The van der Waals surface area contributed by atoms with Gasteiger partial charge in [0.2, 0.25) is 0 Å². The second kappa shape index (κ2) is 17.9. The highest BCUT2D eigenvalue weighted by molar-refractivity contribution is 5.91. The van der Waals surface area contributed by atoms with Gasteiger partial charge in [-0.1, -0.05) is 67.2 Å². The zero-order chi connectivity index (χ0) is 19.7. The molecule has 0 aliphatic carbocycles. The Morgan fingerprint density at radius 1 is 0.833 bits per heavy atom. The second-order valence-corrected chi connectivity index (χ2v) is 5.94. The Balaban J connectivity index is -0.000000276. The summed E-state index contributed by atoms with van der Waals surface area (Å²) < 4.78 is 0. The zero-order valence-electron chi connectivity index (χ0n) is 16.5. The van der Waals surface area contributed by atoms with Crippen LogP contribution in [0.5, 0.6) is 0 Å². The highest BCUT2D eigenvalue weighted by Gasteiger charge is 2.06. The molecular formula is C21H38O3. The summed E-state index contributed by atoms with van der Waals surface area (Å²) in [7, 11) is 0. The van der Waals surface area contributed by atoms with Crippen molar-refractivity contribution in [2.75, 3.05) is 0 Å². The molecule has 0 aromatic carbocycles. The van der Waals surface area contributed by atoms with Gasteiger partial charge in [-0.2, -0.15) is 0 Å². The Bertz CT molecular complexity index is 345. The molecule has 0 saturated heterocycles. The quantitative estimate of drug-likeness (QED) is 0.467. The predicted octanol–water partition coefficient (Wildman–Crippen LogP) is 5.15. The first kappa shape index (κ1) is 27.4. The summed E-state index contributed by atoms with van der Waals surface area (Å²) >= 11 is 0. The summed E-state index contributed by atoms with van der Waals surface area (Å²) in [5.74, 6) is 0.965. The number of aliphatic hydroxyl groups excluding tert-OH is 1. The third kappa shape index (κ3) is 15.4. The molecule has 0 spiro atoms. The number of carbonyl (C=O) groups is 2. The van der Waals surface area contributed by atoms with E-state index in [-0.39, 0.29) is 29.5 Å².